The second kappa shape index (κ2) is 8.58. The number of aromatic nitrogens is 1. The van der Waals surface area contributed by atoms with Gasteiger partial charge >= 0.3 is 0 Å². The normalized spacial score (nSPS) is 11.4. The van der Waals surface area contributed by atoms with E-state index in [9.17, 15) is 4.79 Å². The maximum Gasteiger partial charge on any atom is 0.249 e. The Hall–Kier alpha value is -3.27. The number of carbonyl (C=O) groups is 1. The number of nitrogens with two attached hydrogens (primary N) is 1. The molecule has 2 N–H and O–H groups in total. The zero-order valence-electron chi connectivity index (χ0n) is 18.1. The highest BCUT2D eigenvalue weighted by Gasteiger charge is 2.18. The van der Waals surface area contributed by atoms with E-state index < -0.39 is 5.91 Å². The van der Waals surface area contributed by atoms with Crippen LogP contribution in [0.3, 0.4) is 0 Å². The Balaban J connectivity index is 1.81. The molecule has 0 saturated heterocycles. The van der Waals surface area contributed by atoms with Crippen LogP contribution in [0.25, 0.3) is 32.9 Å². The quantitative estimate of drug-likeness (QED) is 0.283. The molecule has 164 valence electrons. The molecule has 5 rings (SSSR count). The van der Waals surface area contributed by atoms with Crippen molar-refractivity contribution in [1.82, 2.24) is 4.57 Å². The van der Waals surface area contributed by atoms with Crippen LogP contribution in [-0.4, -0.2) is 10.5 Å². The molecule has 1 heterocycles. The van der Waals surface area contributed by atoms with Gasteiger partial charge in [-0.2, -0.15) is 0 Å². The number of fused-ring (bicyclic) bond motifs is 3. The van der Waals surface area contributed by atoms with Gasteiger partial charge in [-0.05, 0) is 53.4 Å². The largest absolute Gasteiger partial charge is 0.366 e. The minimum atomic E-state index is -0.439. The van der Waals surface area contributed by atoms with Gasteiger partial charge in [0.1, 0.15) is 0 Å². The number of rotatable bonds is 5. The van der Waals surface area contributed by atoms with Crippen LogP contribution in [-0.2, 0) is 13.0 Å². The Morgan fingerprint density at radius 1 is 0.848 bits per heavy atom. The molecule has 1 amide bonds. The number of amides is 1. The second-order valence-electron chi connectivity index (χ2n) is 8.15. The molecule has 5 aromatic rings. The Labute approximate surface area is 202 Å². The fraction of sp³-hybridized carbons (Fsp3) is 0.107. The monoisotopic (exact) mass is 472 g/mol. The summed E-state index contributed by atoms with van der Waals surface area (Å²) < 4.78 is 2.24. The summed E-state index contributed by atoms with van der Waals surface area (Å²) in [5.41, 5.74) is 12.4. The molecule has 0 unspecified atom stereocenters. The first-order chi connectivity index (χ1) is 16.0. The molecule has 0 radical (unpaired) electrons. The third-order valence-corrected chi connectivity index (χ3v) is 6.78. The zero-order valence-corrected chi connectivity index (χ0v) is 19.6. The average molecular weight is 473 g/mol. The summed E-state index contributed by atoms with van der Waals surface area (Å²) in [5, 5.41) is 3.03. The first-order valence-electron chi connectivity index (χ1n) is 10.8. The van der Waals surface area contributed by atoms with Gasteiger partial charge in [0.2, 0.25) is 5.91 Å². The molecule has 0 bridgehead atoms. The summed E-state index contributed by atoms with van der Waals surface area (Å²) in [6.07, 6.45) is 0.974. The van der Waals surface area contributed by atoms with Crippen LogP contribution >= 0.6 is 23.2 Å². The van der Waals surface area contributed by atoms with Crippen LogP contribution < -0.4 is 5.73 Å². The van der Waals surface area contributed by atoms with Crippen molar-refractivity contribution in [3.63, 3.8) is 0 Å². The van der Waals surface area contributed by atoms with Crippen molar-refractivity contribution in [2.24, 2.45) is 5.73 Å². The van der Waals surface area contributed by atoms with Gasteiger partial charge in [-0.1, -0.05) is 78.7 Å². The number of hydrogen-bond donors (Lipinski definition) is 1. The van der Waals surface area contributed by atoms with E-state index in [1.54, 1.807) is 6.07 Å². The third kappa shape index (κ3) is 3.78. The van der Waals surface area contributed by atoms with Crippen molar-refractivity contribution in [2.75, 3.05) is 0 Å². The SMILES string of the molecule is CCc1cccc(Cn2c3cc(-c4c(Cl)cccc4Cl)ccc3c3c(C(N)=O)cccc32)c1. The van der Waals surface area contributed by atoms with Crippen molar-refractivity contribution in [1.29, 1.82) is 0 Å². The first kappa shape index (κ1) is 21.6. The number of benzene rings is 4. The van der Waals surface area contributed by atoms with E-state index in [2.05, 4.69) is 41.8 Å². The predicted molar refractivity (Wildman–Crippen MR) is 138 cm³/mol. The van der Waals surface area contributed by atoms with Crippen molar-refractivity contribution in [3.05, 3.63) is 106 Å². The molecule has 0 aliphatic heterocycles. The van der Waals surface area contributed by atoms with E-state index in [4.69, 9.17) is 28.9 Å². The van der Waals surface area contributed by atoms with Crippen LogP contribution in [0, 0.1) is 0 Å². The molecule has 0 aliphatic carbocycles. The van der Waals surface area contributed by atoms with Gasteiger partial charge in [-0.25, -0.2) is 0 Å². The molecule has 1 aromatic heterocycles. The number of aryl methyl sites for hydroxylation is 1. The molecule has 33 heavy (non-hydrogen) atoms. The lowest BCUT2D eigenvalue weighted by Gasteiger charge is -2.11. The summed E-state index contributed by atoms with van der Waals surface area (Å²) in [7, 11) is 0. The molecular weight excluding hydrogens is 451 g/mol. The first-order valence-corrected chi connectivity index (χ1v) is 11.6. The molecule has 0 atom stereocenters. The lowest BCUT2D eigenvalue weighted by Crippen LogP contribution is -2.11. The summed E-state index contributed by atoms with van der Waals surface area (Å²) in [4.78, 5) is 12.3. The summed E-state index contributed by atoms with van der Waals surface area (Å²) in [6, 6.07) is 25.9. The standard InChI is InChI=1S/C28H22Cl2N2O/c1-2-17-6-3-7-18(14-17)16-32-24-11-4-8-21(28(31)33)27(24)20-13-12-19(15-25(20)32)26-22(29)9-5-10-23(26)30/h3-15H,2,16H2,1H3,(H2,31,33). The molecule has 0 spiro atoms. The maximum absolute atomic E-state index is 12.3. The number of hydrogen-bond acceptors (Lipinski definition) is 1. The molecule has 4 aromatic carbocycles. The Morgan fingerprint density at radius 2 is 1.55 bits per heavy atom. The van der Waals surface area contributed by atoms with Crippen LogP contribution in [0.15, 0.2) is 78.9 Å². The summed E-state index contributed by atoms with van der Waals surface area (Å²) in [6.45, 7) is 2.81. The topological polar surface area (TPSA) is 48.0 Å². The minimum Gasteiger partial charge on any atom is -0.366 e. The molecule has 3 nitrogen and oxygen atoms in total. The van der Waals surface area contributed by atoms with Crippen molar-refractivity contribution < 1.29 is 4.79 Å². The van der Waals surface area contributed by atoms with Crippen LogP contribution in [0.2, 0.25) is 10.0 Å². The summed E-state index contributed by atoms with van der Waals surface area (Å²) >= 11 is 13.0. The smallest absolute Gasteiger partial charge is 0.249 e. The van der Waals surface area contributed by atoms with Gasteiger partial charge in [-0.3, -0.25) is 4.79 Å². The molecular formula is C28H22Cl2N2O. The number of primary amides is 1. The summed E-state index contributed by atoms with van der Waals surface area (Å²) in [5.74, 6) is -0.439. The molecule has 0 saturated carbocycles. The Bertz CT molecular complexity index is 1510. The number of halogens is 2. The van der Waals surface area contributed by atoms with Gasteiger partial charge in [0.15, 0.2) is 0 Å². The average Bonchev–Trinajstić information content (AvgIpc) is 3.12. The van der Waals surface area contributed by atoms with Crippen LogP contribution in [0.5, 0.6) is 0 Å². The van der Waals surface area contributed by atoms with Gasteiger partial charge in [0.05, 0.1) is 11.0 Å². The number of nitrogens with zero attached hydrogens (tertiary/aromatic N) is 1. The van der Waals surface area contributed by atoms with Gasteiger partial charge in [-0.15, -0.1) is 0 Å². The van der Waals surface area contributed by atoms with Crippen LogP contribution in [0.4, 0.5) is 0 Å². The minimum absolute atomic E-state index is 0.439. The highest BCUT2D eigenvalue weighted by atomic mass is 35.5. The van der Waals surface area contributed by atoms with Gasteiger partial charge in [0.25, 0.3) is 0 Å². The van der Waals surface area contributed by atoms with Crippen molar-refractivity contribution >= 4 is 50.9 Å². The van der Waals surface area contributed by atoms with E-state index in [-0.39, 0.29) is 0 Å². The fourth-order valence-corrected chi connectivity index (χ4v) is 5.20. The van der Waals surface area contributed by atoms with E-state index in [1.807, 2.05) is 42.5 Å². The van der Waals surface area contributed by atoms with E-state index in [1.165, 1.54) is 11.1 Å². The fourth-order valence-electron chi connectivity index (χ4n) is 4.58. The van der Waals surface area contributed by atoms with E-state index >= 15 is 0 Å². The van der Waals surface area contributed by atoms with E-state index in [0.29, 0.717) is 22.2 Å². The third-order valence-electron chi connectivity index (χ3n) is 6.15. The second-order valence-corrected chi connectivity index (χ2v) is 8.97. The van der Waals surface area contributed by atoms with Gasteiger partial charge < -0.3 is 10.3 Å². The maximum atomic E-state index is 12.3. The lowest BCUT2D eigenvalue weighted by atomic mass is 10.0. The Kier molecular flexibility index (Phi) is 5.61. The predicted octanol–water partition coefficient (Wildman–Crippen LogP) is 7.48. The Morgan fingerprint density at radius 3 is 2.27 bits per heavy atom. The van der Waals surface area contributed by atoms with Crippen LogP contribution in [0.1, 0.15) is 28.4 Å². The molecule has 0 aliphatic rings. The van der Waals surface area contributed by atoms with Gasteiger partial charge in [0, 0.05) is 38.5 Å². The lowest BCUT2D eigenvalue weighted by molar-refractivity contribution is 0.100. The zero-order chi connectivity index (χ0) is 23.1. The highest BCUT2D eigenvalue weighted by molar-refractivity contribution is 6.39. The molecule has 0 fully saturated rings. The van der Waals surface area contributed by atoms with Crippen molar-refractivity contribution in [3.8, 4) is 11.1 Å². The van der Waals surface area contributed by atoms with E-state index in [0.717, 1.165) is 39.4 Å². The van der Waals surface area contributed by atoms with Crippen molar-refractivity contribution in [2.45, 2.75) is 19.9 Å². The highest BCUT2D eigenvalue weighted by Crippen LogP contribution is 2.39. The molecule has 5 heteroatoms. The number of carbonyl (C=O) groups excluding carboxylic acids is 1.